The first-order chi connectivity index (χ1) is 10.1. The van der Waals surface area contributed by atoms with Crippen molar-refractivity contribution in [1.82, 2.24) is 9.80 Å². The van der Waals surface area contributed by atoms with Gasteiger partial charge in [-0.3, -0.25) is 4.79 Å². The number of hydrogen-bond acceptors (Lipinski definition) is 4. The second-order valence-electron chi connectivity index (χ2n) is 5.53. The van der Waals surface area contributed by atoms with Crippen LogP contribution in [0.15, 0.2) is 18.2 Å². The zero-order valence-electron chi connectivity index (χ0n) is 13.1. The van der Waals surface area contributed by atoms with Crippen LogP contribution in [0.5, 0.6) is 5.75 Å². The Balaban J connectivity index is 2.06. The third kappa shape index (κ3) is 3.47. The minimum Gasteiger partial charge on any atom is -0.497 e. The summed E-state index contributed by atoms with van der Waals surface area (Å²) in [4.78, 5) is 16.9. The number of hydrogen-bond donors (Lipinski definition) is 1. The summed E-state index contributed by atoms with van der Waals surface area (Å²) >= 11 is 0. The van der Waals surface area contributed by atoms with Crippen LogP contribution in [0.25, 0.3) is 0 Å². The van der Waals surface area contributed by atoms with Crippen molar-refractivity contribution in [3.05, 3.63) is 23.8 Å². The molecule has 1 saturated heterocycles. The van der Waals surface area contributed by atoms with Crippen molar-refractivity contribution in [2.24, 2.45) is 0 Å². The van der Waals surface area contributed by atoms with E-state index in [0.29, 0.717) is 23.0 Å². The third-order valence-corrected chi connectivity index (χ3v) is 4.36. The molecular formula is C16H25N3O2. The molecule has 5 nitrogen and oxygen atoms in total. The first-order valence-electron chi connectivity index (χ1n) is 7.49. The van der Waals surface area contributed by atoms with Gasteiger partial charge in [0, 0.05) is 37.9 Å². The molecule has 0 aliphatic carbocycles. The maximum Gasteiger partial charge on any atom is 0.255 e. The quantitative estimate of drug-likeness (QED) is 0.860. The highest BCUT2D eigenvalue weighted by atomic mass is 16.5. The van der Waals surface area contributed by atoms with Gasteiger partial charge >= 0.3 is 0 Å². The van der Waals surface area contributed by atoms with Crippen LogP contribution in [0.1, 0.15) is 30.1 Å². The van der Waals surface area contributed by atoms with Crippen molar-refractivity contribution >= 4 is 11.6 Å². The number of anilines is 1. The van der Waals surface area contributed by atoms with Crippen LogP contribution in [0.3, 0.4) is 0 Å². The molecule has 21 heavy (non-hydrogen) atoms. The molecule has 0 radical (unpaired) electrons. The number of nitrogens with zero attached hydrogens (tertiary/aromatic N) is 2. The molecule has 1 fully saturated rings. The number of rotatable bonds is 4. The number of ether oxygens (including phenoxy) is 1. The normalized spacial score (nSPS) is 16.7. The molecule has 5 heteroatoms. The SMILES string of the molecule is CCN1CCC(N(C)C(=O)c2ccc(OC)cc2N)CC1. The van der Waals surface area contributed by atoms with Crippen molar-refractivity contribution in [3.63, 3.8) is 0 Å². The Morgan fingerprint density at radius 2 is 2.10 bits per heavy atom. The summed E-state index contributed by atoms with van der Waals surface area (Å²) in [6, 6.07) is 5.51. The number of amides is 1. The van der Waals surface area contributed by atoms with E-state index in [1.807, 2.05) is 11.9 Å². The standard InChI is InChI=1S/C16H25N3O2/c1-4-19-9-7-12(8-10-19)18(2)16(20)14-6-5-13(21-3)11-15(14)17/h5-6,11-12H,4,7-10,17H2,1-3H3. The van der Waals surface area contributed by atoms with Crippen LogP contribution in [0.4, 0.5) is 5.69 Å². The molecule has 1 aromatic carbocycles. The Morgan fingerprint density at radius 3 is 2.62 bits per heavy atom. The fourth-order valence-electron chi connectivity index (χ4n) is 2.84. The number of benzene rings is 1. The lowest BCUT2D eigenvalue weighted by atomic mass is 10.0. The monoisotopic (exact) mass is 291 g/mol. The summed E-state index contributed by atoms with van der Waals surface area (Å²) < 4.78 is 5.12. The van der Waals surface area contributed by atoms with Gasteiger partial charge < -0.3 is 20.3 Å². The minimum atomic E-state index is -0.00917. The molecule has 2 rings (SSSR count). The fraction of sp³-hybridized carbons (Fsp3) is 0.562. The smallest absolute Gasteiger partial charge is 0.255 e. The number of nitrogen functional groups attached to an aromatic ring is 1. The van der Waals surface area contributed by atoms with Crippen LogP contribution < -0.4 is 10.5 Å². The second-order valence-corrected chi connectivity index (χ2v) is 5.53. The molecule has 0 aromatic heterocycles. The molecule has 0 saturated carbocycles. The van der Waals surface area contributed by atoms with Gasteiger partial charge in [0.25, 0.3) is 5.91 Å². The highest BCUT2D eigenvalue weighted by molar-refractivity contribution is 5.99. The van der Waals surface area contributed by atoms with Gasteiger partial charge in [0.15, 0.2) is 0 Å². The topological polar surface area (TPSA) is 58.8 Å². The summed E-state index contributed by atoms with van der Waals surface area (Å²) in [7, 11) is 3.46. The zero-order chi connectivity index (χ0) is 15.4. The van der Waals surface area contributed by atoms with E-state index in [1.54, 1.807) is 25.3 Å². The Kier molecular flexibility index (Phi) is 5.07. The van der Waals surface area contributed by atoms with E-state index in [-0.39, 0.29) is 5.91 Å². The third-order valence-electron chi connectivity index (χ3n) is 4.36. The average Bonchev–Trinajstić information content (AvgIpc) is 2.53. The van der Waals surface area contributed by atoms with E-state index in [4.69, 9.17) is 10.5 Å². The van der Waals surface area contributed by atoms with Gasteiger partial charge in [0.2, 0.25) is 0 Å². The van der Waals surface area contributed by atoms with Crippen LogP contribution >= 0.6 is 0 Å². The number of carbonyl (C=O) groups excluding carboxylic acids is 1. The predicted molar refractivity (Wildman–Crippen MR) is 84.6 cm³/mol. The molecule has 1 heterocycles. The number of piperidine rings is 1. The van der Waals surface area contributed by atoms with Gasteiger partial charge in [-0.15, -0.1) is 0 Å². The van der Waals surface area contributed by atoms with Crippen molar-refractivity contribution < 1.29 is 9.53 Å². The van der Waals surface area contributed by atoms with Crippen LogP contribution in [0, 0.1) is 0 Å². The second kappa shape index (κ2) is 6.80. The van der Waals surface area contributed by atoms with Crippen molar-refractivity contribution in [2.45, 2.75) is 25.8 Å². The summed E-state index contributed by atoms with van der Waals surface area (Å²) in [6.07, 6.45) is 2.04. The molecule has 0 unspecified atom stereocenters. The molecule has 1 aliphatic heterocycles. The molecule has 0 spiro atoms. The fourth-order valence-corrected chi connectivity index (χ4v) is 2.84. The minimum absolute atomic E-state index is 0.00917. The van der Waals surface area contributed by atoms with Gasteiger partial charge in [-0.25, -0.2) is 0 Å². The largest absolute Gasteiger partial charge is 0.497 e. The molecule has 0 atom stereocenters. The molecule has 1 aliphatic rings. The lowest BCUT2D eigenvalue weighted by Gasteiger charge is -2.36. The van der Waals surface area contributed by atoms with Gasteiger partial charge in [-0.05, 0) is 31.5 Å². The number of likely N-dealkylation sites (tertiary alicyclic amines) is 1. The van der Waals surface area contributed by atoms with Gasteiger partial charge in [0.1, 0.15) is 5.75 Å². The molecule has 0 bridgehead atoms. The van der Waals surface area contributed by atoms with Gasteiger partial charge in [0.05, 0.1) is 12.7 Å². The lowest BCUT2D eigenvalue weighted by Crippen LogP contribution is -2.45. The first kappa shape index (κ1) is 15.6. The Bertz CT molecular complexity index is 496. The van der Waals surface area contributed by atoms with Crippen LogP contribution in [-0.2, 0) is 0 Å². The predicted octanol–water partition coefficient (Wildman–Crippen LogP) is 1.83. The Labute approximate surface area is 126 Å². The van der Waals surface area contributed by atoms with E-state index >= 15 is 0 Å². The van der Waals surface area contributed by atoms with Gasteiger partial charge in [-0.1, -0.05) is 6.92 Å². The molecule has 1 amide bonds. The van der Waals surface area contributed by atoms with E-state index in [9.17, 15) is 4.79 Å². The summed E-state index contributed by atoms with van der Waals surface area (Å²) in [5, 5.41) is 0. The number of carbonyl (C=O) groups is 1. The summed E-state index contributed by atoms with van der Waals surface area (Å²) in [5.74, 6) is 0.660. The van der Waals surface area contributed by atoms with E-state index in [0.717, 1.165) is 32.5 Å². The first-order valence-corrected chi connectivity index (χ1v) is 7.49. The highest BCUT2D eigenvalue weighted by Crippen LogP contribution is 2.23. The van der Waals surface area contributed by atoms with Crippen LogP contribution in [0.2, 0.25) is 0 Å². The van der Waals surface area contributed by atoms with E-state index in [2.05, 4.69) is 11.8 Å². The molecule has 116 valence electrons. The van der Waals surface area contributed by atoms with Crippen molar-refractivity contribution in [3.8, 4) is 5.75 Å². The highest BCUT2D eigenvalue weighted by Gasteiger charge is 2.26. The number of methoxy groups -OCH3 is 1. The Hall–Kier alpha value is -1.75. The molecular weight excluding hydrogens is 266 g/mol. The molecule has 1 aromatic rings. The zero-order valence-corrected chi connectivity index (χ0v) is 13.1. The summed E-state index contributed by atoms with van der Waals surface area (Å²) in [5.41, 5.74) is 6.99. The maximum atomic E-state index is 12.6. The Morgan fingerprint density at radius 1 is 1.43 bits per heavy atom. The van der Waals surface area contributed by atoms with Gasteiger partial charge in [-0.2, -0.15) is 0 Å². The van der Waals surface area contributed by atoms with Crippen molar-refractivity contribution in [2.75, 3.05) is 39.5 Å². The van der Waals surface area contributed by atoms with E-state index in [1.165, 1.54) is 0 Å². The summed E-state index contributed by atoms with van der Waals surface area (Å²) in [6.45, 7) is 5.36. The van der Waals surface area contributed by atoms with Crippen LogP contribution in [-0.4, -0.2) is 55.5 Å². The molecule has 2 N–H and O–H groups in total. The van der Waals surface area contributed by atoms with E-state index < -0.39 is 0 Å². The lowest BCUT2D eigenvalue weighted by molar-refractivity contribution is 0.0648. The average molecular weight is 291 g/mol. The number of nitrogens with two attached hydrogens (primary N) is 1. The van der Waals surface area contributed by atoms with Crippen molar-refractivity contribution in [1.29, 1.82) is 0 Å². The maximum absolute atomic E-state index is 12.6.